The quantitative estimate of drug-likeness (QED) is 0.866. The number of halogens is 1. The summed E-state index contributed by atoms with van der Waals surface area (Å²) in [5, 5.41) is 2.76. The second-order valence-electron chi connectivity index (χ2n) is 7.68. The lowest BCUT2D eigenvalue weighted by molar-refractivity contribution is 0.0949. The predicted octanol–water partition coefficient (Wildman–Crippen LogP) is 3.17. The van der Waals surface area contributed by atoms with Gasteiger partial charge in [0.05, 0.1) is 0 Å². The minimum atomic E-state index is -3.91. The molecule has 0 unspecified atom stereocenters. The molecule has 1 heterocycles. The van der Waals surface area contributed by atoms with Crippen LogP contribution in [-0.4, -0.2) is 38.3 Å². The first-order valence-corrected chi connectivity index (χ1v) is 10.1. The standard InChI is InChI=1S/C18H27FN2O3S/c1-18(2,3)9-10-20-17(22)14-7-8-15(19)16(13-14)25(23,24)21-11-5-4-6-12-21/h7-8,13H,4-6,9-12H2,1-3H3,(H,20,22). The van der Waals surface area contributed by atoms with Crippen LogP contribution in [0.5, 0.6) is 0 Å². The number of sulfonamides is 1. The number of piperidine rings is 1. The zero-order chi connectivity index (χ0) is 18.7. The molecule has 0 radical (unpaired) electrons. The zero-order valence-corrected chi connectivity index (χ0v) is 16.0. The van der Waals surface area contributed by atoms with Crippen LogP contribution in [0.4, 0.5) is 4.39 Å². The fourth-order valence-corrected chi connectivity index (χ4v) is 4.35. The number of carbonyl (C=O) groups is 1. The van der Waals surface area contributed by atoms with Gasteiger partial charge in [-0.3, -0.25) is 4.79 Å². The molecular weight excluding hydrogens is 343 g/mol. The maximum absolute atomic E-state index is 14.2. The van der Waals surface area contributed by atoms with Gasteiger partial charge in [0.1, 0.15) is 10.7 Å². The van der Waals surface area contributed by atoms with Crippen LogP contribution >= 0.6 is 0 Å². The molecule has 25 heavy (non-hydrogen) atoms. The van der Waals surface area contributed by atoms with E-state index in [1.807, 2.05) is 0 Å². The molecule has 0 bridgehead atoms. The Hall–Kier alpha value is -1.47. The van der Waals surface area contributed by atoms with E-state index in [1.165, 1.54) is 10.4 Å². The first-order chi connectivity index (χ1) is 11.6. The van der Waals surface area contributed by atoms with Crippen LogP contribution < -0.4 is 5.32 Å². The Morgan fingerprint density at radius 1 is 1.20 bits per heavy atom. The maximum atomic E-state index is 14.2. The molecule has 2 rings (SSSR count). The number of rotatable bonds is 5. The van der Waals surface area contributed by atoms with Crippen molar-refractivity contribution in [1.82, 2.24) is 9.62 Å². The molecule has 140 valence electrons. The molecule has 0 aromatic heterocycles. The molecule has 1 aromatic carbocycles. The third-order valence-electron chi connectivity index (χ3n) is 4.29. The summed E-state index contributed by atoms with van der Waals surface area (Å²) in [6.45, 7) is 7.47. The largest absolute Gasteiger partial charge is 0.352 e. The molecule has 1 aliphatic rings. The summed E-state index contributed by atoms with van der Waals surface area (Å²) in [7, 11) is -3.91. The van der Waals surface area contributed by atoms with Crippen molar-refractivity contribution in [3.05, 3.63) is 29.6 Å². The van der Waals surface area contributed by atoms with Gasteiger partial charge in [0.25, 0.3) is 5.91 Å². The fraction of sp³-hybridized carbons (Fsp3) is 0.611. The molecule has 1 amide bonds. The van der Waals surface area contributed by atoms with Gasteiger partial charge in [-0.15, -0.1) is 0 Å². The Morgan fingerprint density at radius 3 is 2.44 bits per heavy atom. The molecule has 1 saturated heterocycles. The molecule has 0 spiro atoms. The number of carbonyl (C=O) groups excluding carboxylic acids is 1. The molecule has 1 aliphatic heterocycles. The van der Waals surface area contributed by atoms with Crippen LogP contribution in [0, 0.1) is 11.2 Å². The lowest BCUT2D eigenvalue weighted by atomic mass is 9.92. The van der Waals surface area contributed by atoms with E-state index in [0.29, 0.717) is 19.6 Å². The second kappa shape index (κ2) is 7.83. The van der Waals surface area contributed by atoms with Crippen LogP contribution in [-0.2, 0) is 10.0 Å². The molecule has 1 N–H and O–H groups in total. The van der Waals surface area contributed by atoms with Gasteiger partial charge in [0, 0.05) is 25.2 Å². The Kier molecular flexibility index (Phi) is 6.21. The minimum Gasteiger partial charge on any atom is -0.352 e. The van der Waals surface area contributed by atoms with E-state index in [9.17, 15) is 17.6 Å². The highest BCUT2D eigenvalue weighted by Crippen LogP contribution is 2.24. The highest BCUT2D eigenvalue weighted by molar-refractivity contribution is 7.89. The Morgan fingerprint density at radius 2 is 1.84 bits per heavy atom. The Labute approximate surface area is 149 Å². The summed E-state index contributed by atoms with van der Waals surface area (Å²) >= 11 is 0. The summed E-state index contributed by atoms with van der Waals surface area (Å²) in [6.07, 6.45) is 3.31. The van der Waals surface area contributed by atoms with Crippen molar-refractivity contribution in [3.63, 3.8) is 0 Å². The SMILES string of the molecule is CC(C)(C)CCNC(=O)c1ccc(F)c(S(=O)(=O)N2CCCCC2)c1. The smallest absolute Gasteiger partial charge is 0.251 e. The monoisotopic (exact) mass is 370 g/mol. The number of nitrogens with one attached hydrogen (secondary N) is 1. The summed E-state index contributed by atoms with van der Waals surface area (Å²) in [6, 6.07) is 3.51. The highest BCUT2D eigenvalue weighted by Gasteiger charge is 2.29. The fourth-order valence-electron chi connectivity index (χ4n) is 2.74. The molecule has 1 aromatic rings. The van der Waals surface area contributed by atoms with Crippen LogP contribution in [0.3, 0.4) is 0 Å². The summed E-state index contributed by atoms with van der Waals surface area (Å²) < 4.78 is 40.8. The Bertz CT molecular complexity index is 720. The van der Waals surface area contributed by atoms with E-state index in [4.69, 9.17) is 0 Å². The van der Waals surface area contributed by atoms with Crippen LogP contribution in [0.1, 0.15) is 56.8 Å². The maximum Gasteiger partial charge on any atom is 0.251 e. The van der Waals surface area contributed by atoms with E-state index in [0.717, 1.165) is 37.8 Å². The second-order valence-corrected chi connectivity index (χ2v) is 9.58. The molecule has 7 heteroatoms. The highest BCUT2D eigenvalue weighted by atomic mass is 32.2. The normalized spacial score (nSPS) is 16.6. The lowest BCUT2D eigenvalue weighted by Crippen LogP contribution is -2.36. The first-order valence-electron chi connectivity index (χ1n) is 8.69. The molecule has 0 atom stereocenters. The summed E-state index contributed by atoms with van der Waals surface area (Å²) in [5.74, 6) is -1.21. The van der Waals surface area contributed by atoms with E-state index in [2.05, 4.69) is 26.1 Å². The van der Waals surface area contributed by atoms with E-state index in [-0.39, 0.29) is 16.9 Å². The van der Waals surface area contributed by atoms with Crippen molar-refractivity contribution < 1.29 is 17.6 Å². The summed E-state index contributed by atoms with van der Waals surface area (Å²) in [4.78, 5) is 11.8. The molecule has 1 fully saturated rings. The van der Waals surface area contributed by atoms with Crippen LogP contribution in [0.25, 0.3) is 0 Å². The van der Waals surface area contributed by atoms with Gasteiger partial charge in [0.2, 0.25) is 10.0 Å². The van der Waals surface area contributed by atoms with Gasteiger partial charge in [0.15, 0.2) is 0 Å². The first kappa shape index (κ1) is 19.8. The number of hydrogen-bond donors (Lipinski definition) is 1. The van der Waals surface area contributed by atoms with Crippen molar-refractivity contribution in [1.29, 1.82) is 0 Å². The van der Waals surface area contributed by atoms with Gasteiger partial charge in [-0.1, -0.05) is 27.2 Å². The van der Waals surface area contributed by atoms with Crippen molar-refractivity contribution >= 4 is 15.9 Å². The average Bonchev–Trinajstić information content (AvgIpc) is 2.54. The van der Waals surface area contributed by atoms with Gasteiger partial charge in [-0.05, 0) is 42.9 Å². The van der Waals surface area contributed by atoms with Crippen molar-refractivity contribution in [2.24, 2.45) is 5.41 Å². The third-order valence-corrected chi connectivity index (χ3v) is 6.20. The van der Waals surface area contributed by atoms with E-state index >= 15 is 0 Å². The van der Waals surface area contributed by atoms with Gasteiger partial charge in [-0.25, -0.2) is 12.8 Å². The molecule has 0 saturated carbocycles. The average molecular weight is 370 g/mol. The van der Waals surface area contributed by atoms with Gasteiger partial charge < -0.3 is 5.32 Å². The number of nitrogens with zero attached hydrogens (tertiary/aromatic N) is 1. The molecular formula is C18H27FN2O3S. The zero-order valence-electron chi connectivity index (χ0n) is 15.1. The third kappa shape index (κ3) is 5.25. The topological polar surface area (TPSA) is 66.5 Å². The van der Waals surface area contributed by atoms with Crippen LogP contribution in [0.2, 0.25) is 0 Å². The molecule has 5 nitrogen and oxygen atoms in total. The Balaban J connectivity index is 2.18. The van der Waals surface area contributed by atoms with Crippen molar-refractivity contribution in [3.8, 4) is 0 Å². The van der Waals surface area contributed by atoms with Crippen molar-refractivity contribution in [2.75, 3.05) is 19.6 Å². The van der Waals surface area contributed by atoms with E-state index < -0.39 is 20.7 Å². The van der Waals surface area contributed by atoms with Crippen LogP contribution in [0.15, 0.2) is 23.1 Å². The van der Waals surface area contributed by atoms with Gasteiger partial charge in [-0.2, -0.15) is 4.31 Å². The van der Waals surface area contributed by atoms with Crippen molar-refractivity contribution in [2.45, 2.75) is 51.3 Å². The number of hydrogen-bond acceptors (Lipinski definition) is 3. The van der Waals surface area contributed by atoms with E-state index in [1.54, 1.807) is 0 Å². The number of amides is 1. The minimum absolute atomic E-state index is 0.0822. The predicted molar refractivity (Wildman–Crippen MR) is 95.4 cm³/mol. The lowest BCUT2D eigenvalue weighted by Gasteiger charge is -2.26. The van der Waals surface area contributed by atoms with Gasteiger partial charge >= 0.3 is 0 Å². The summed E-state index contributed by atoms with van der Waals surface area (Å²) in [5.41, 5.74) is 0.240. The number of benzene rings is 1. The molecule has 0 aliphatic carbocycles.